The van der Waals surface area contributed by atoms with Crippen molar-refractivity contribution in [2.75, 3.05) is 0 Å². The Morgan fingerprint density at radius 1 is 1.13 bits per heavy atom. The summed E-state index contributed by atoms with van der Waals surface area (Å²) in [5.74, 6) is 0.534. The van der Waals surface area contributed by atoms with E-state index >= 15 is 0 Å². The normalized spacial score (nSPS) is 13.5. The van der Waals surface area contributed by atoms with E-state index in [2.05, 4.69) is 39.8 Å². The van der Waals surface area contributed by atoms with Gasteiger partial charge >= 0.3 is 0 Å². The van der Waals surface area contributed by atoms with Crippen molar-refractivity contribution in [1.82, 2.24) is 0 Å². The predicted molar refractivity (Wildman–Crippen MR) is 69.7 cm³/mol. The average molecular weight is 205 g/mol. The van der Waals surface area contributed by atoms with Crippen LogP contribution in [0.1, 0.15) is 53.4 Å². The Morgan fingerprint density at radius 3 is 2.33 bits per heavy atom. The van der Waals surface area contributed by atoms with Gasteiger partial charge in [0.1, 0.15) is 0 Å². The minimum absolute atomic E-state index is 0.534. The van der Waals surface area contributed by atoms with Gasteiger partial charge < -0.3 is 0 Å². The van der Waals surface area contributed by atoms with Crippen LogP contribution >= 0.6 is 0 Å². The third kappa shape index (κ3) is 9.52. The predicted octanol–water partition coefficient (Wildman–Crippen LogP) is 5.08. The Hall–Kier alpha value is -0.780. The summed E-state index contributed by atoms with van der Waals surface area (Å²) in [7, 11) is 0. The lowest BCUT2D eigenvalue weighted by Gasteiger charge is -2.03. The summed E-state index contributed by atoms with van der Waals surface area (Å²) in [6.45, 7) is 14.1. The summed E-state index contributed by atoms with van der Waals surface area (Å²) in [6.07, 6.45) is 11.1. The minimum Gasteiger partial charge on any atom is -0.0856 e. The van der Waals surface area contributed by atoms with Gasteiger partial charge in [-0.15, -0.1) is 0 Å². The molecule has 0 aromatic carbocycles. The van der Waals surface area contributed by atoms with Crippen molar-refractivity contribution >= 4 is 0 Å². The van der Waals surface area contributed by atoms with Crippen LogP contribution in [0.25, 0.3) is 0 Å². The Balaban J connectivity index is 3.70. The van der Waals surface area contributed by atoms with Crippen molar-refractivity contribution in [1.29, 1.82) is 0 Å². The topological polar surface area (TPSA) is 0 Å². The first kappa shape index (κ1) is 14.2. The molecule has 0 heteroatoms. The molecule has 1 atom stereocenters. The van der Waals surface area contributed by atoms with E-state index < -0.39 is 0 Å². The highest BCUT2D eigenvalue weighted by molar-refractivity contribution is 5.02. The van der Waals surface area contributed by atoms with Gasteiger partial charge in [0.25, 0.3) is 0 Å². The SMILES string of the molecule is [CH]=CC(C)CCC=C(C)CCC=C(C)C. The molecule has 0 bridgehead atoms. The van der Waals surface area contributed by atoms with E-state index in [0.717, 1.165) is 12.8 Å². The highest BCUT2D eigenvalue weighted by Crippen LogP contribution is 2.11. The standard InChI is InChI=1S/C15H25/c1-6-14(4)10-8-12-15(5)11-7-9-13(2)3/h1,6,9,12,14H,7-8,10-11H2,2-5H3. The Kier molecular flexibility index (Phi) is 8.08. The van der Waals surface area contributed by atoms with Gasteiger partial charge in [-0.1, -0.05) is 42.9 Å². The molecule has 15 heavy (non-hydrogen) atoms. The van der Waals surface area contributed by atoms with Gasteiger partial charge in [0.15, 0.2) is 0 Å². The molecule has 0 fully saturated rings. The van der Waals surface area contributed by atoms with Crippen LogP contribution in [-0.2, 0) is 0 Å². The largest absolute Gasteiger partial charge is 0.0856 e. The lowest BCUT2D eigenvalue weighted by atomic mass is 10.0. The van der Waals surface area contributed by atoms with Crippen molar-refractivity contribution in [2.45, 2.75) is 53.4 Å². The van der Waals surface area contributed by atoms with E-state index in [1.807, 2.05) is 0 Å². The summed E-state index contributed by atoms with van der Waals surface area (Å²) in [6, 6.07) is 0. The van der Waals surface area contributed by atoms with Gasteiger partial charge in [0, 0.05) is 0 Å². The second-order valence-corrected chi connectivity index (χ2v) is 4.62. The van der Waals surface area contributed by atoms with Crippen molar-refractivity contribution in [3.8, 4) is 0 Å². The molecule has 0 amide bonds. The summed E-state index contributed by atoms with van der Waals surface area (Å²) < 4.78 is 0. The fourth-order valence-electron chi connectivity index (χ4n) is 1.38. The summed E-state index contributed by atoms with van der Waals surface area (Å²) in [5.41, 5.74) is 2.91. The molecule has 0 spiro atoms. The third-order valence-electron chi connectivity index (χ3n) is 2.53. The quantitative estimate of drug-likeness (QED) is 0.508. The van der Waals surface area contributed by atoms with Gasteiger partial charge in [-0.2, -0.15) is 0 Å². The molecule has 0 heterocycles. The van der Waals surface area contributed by atoms with Gasteiger partial charge in [-0.05, 0) is 52.4 Å². The molecule has 0 saturated heterocycles. The first-order valence-electron chi connectivity index (χ1n) is 5.90. The van der Waals surface area contributed by atoms with Crippen molar-refractivity contribution in [3.05, 3.63) is 36.0 Å². The lowest BCUT2D eigenvalue weighted by molar-refractivity contribution is 0.655. The van der Waals surface area contributed by atoms with Gasteiger partial charge in [-0.25, -0.2) is 0 Å². The first-order valence-corrected chi connectivity index (χ1v) is 5.90. The molecule has 0 nitrogen and oxygen atoms in total. The number of allylic oxidation sites excluding steroid dienone is 5. The van der Waals surface area contributed by atoms with Crippen molar-refractivity contribution < 1.29 is 0 Å². The van der Waals surface area contributed by atoms with Crippen LogP contribution < -0.4 is 0 Å². The molecule has 0 aromatic heterocycles. The minimum atomic E-state index is 0.534. The zero-order valence-corrected chi connectivity index (χ0v) is 10.7. The van der Waals surface area contributed by atoms with E-state index in [0.29, 0.717) is 5.92 Å². The second-order valence-electron chi connectivity index (χ2n) is 4.62. The number of hydrogen-bond donors (Lipinski definition) is 0. The second kappa shape index (κ2) is 8.52. The molecule has 0 aromatic rings. The van der Waals surface area contributed by atoms with Gasteiger partial charge in [0.2, 0.25) is 0 Å². The fourth-order valence-corrected chi connectivity index (χ4v) is 1.38. The molecule has 0 rings (SSSR count). The van der Waals surface area contributed by atoms with Crippen LogP contribution in [0.3, 0.4) is 0 Å². The van der Waals surface area contributed by atoms with Crippen LogP contribution in [0.5, 0.6) is 0 Å². The van der Waals surface area contributed by atoms with Crippen LogP contribution in [0.15, 0.2) is 29.4 Å². The molecule has 85 valence electrons. The van der Waals surface area contributed by atoms with E-state index in [1.54, 1.807) is 6.08 Å². The summed E-state index contributed by atoms with van der Waals surface area (Å²) >= 11 is 0. The van der Waals surface area contributed by atoms with Crippen LogP contribution in [0.4, 0.5) is 0 Å². The molecule has 1 radical (unpaired) electrons. The number of hydrogen-bond acceptors (Lipinski definition) is 0. The average Bonchev–Trinajstić information content (AvgIpc) is 2.17. The highest BCUT2D eigenvalue weighted by atomic mass is 14.0. The molecule has 0 aliphatic rings. The van der Waals surface area contributed by atoms with Crippen LogP contribution in [-0.4, -0.2) is 0 Å². The molecule has 0 N–H and O–H groups in total. The molecular weight excluding hydrogens is 180 g/mol. The summed E-state index contributed by atoms with van der Waals surface area (Å²) in [4.78, 5) is 0. The van der Waals surface area contributed by atoms with Crippen molar-refractivity contribution in [3.63, 3.8) is 0 Å². The zero-order valence-electron chi connectivity index (χ0n) is 10.7. The monoisotopic (exact) mass is 205 g/mol. The van der Waals surface area contributed by atoms with E-state index in [1.165, 1.54) is 24.0 Å². The number of rotatable bonds is 7. The molecule has 0 aliphatic carbocycles. The van der Waals surface area contributed by atoms with Crippen molar-refractivity contribution in [2.24, 2.45) is 5.92 Å². The van der Waals surface area contributed by atoms with Gasteiger partial charge in [-0.3, -0.25) is 0 Å². The smallest absolute Gasteiger partial charge is 0.0256 e. The maximum Gasteiger partial charge on any atom is -0.0256 e. The maximum absolute atomic E-state index is 5.45. The lowest BCUT2D eigenvalue weighted by Crippen LogP contribution is -1.87. The fraction of sp³-hybridized carbons (Fsp3) is 0.600. The molecule has 0 saturated carbocycles. The molecule has 0 aliphatic heterocycles. The summed E-state index contributed by atoms with van der Waals surface area (Å²) in [5, 5.41) is 0. The molecule has 1 unspecified atom stereocenters. The zero-order chi connectivity index (χ0) is 11.7. The maximum atomic E-state index is 5.45. The molecular formula is C15H25. The van der Waals surface area contributed by atoms with E-state index in [4.69, 9.17) is 6.58 Å². The van der Waals surface area contributed by atoms with Crippen LogP contribution in [0.2, 0.25) is 0 Å². The van der Waals surface area contributed by atoms with E-state index in [9.17, 15) is 0 Å². The Bertz CT molecular complexity index is 226. The highest BCUT2D eigenvalue weighted by Gasteiger charge is 1.94. The Labute approximate surface area is 95.8 Å². The first-order chi connectivity index (χ1) is 7.06. The van der Waals surface area contributed by atoms with Gasteiger partial charge in [0.05, 0.1) is 0 Å². The third-order valence-corrected chi connectivity index (χ3v) is 2.53. The van der Waals surface area contributed by atoms with E-state index in [-0.39, 0.29) is 0 Å². The van der Waals surface area contributed by atoms with Crippen LogP contribution in [0, 0.1) is 12.5 Å². The Morgan fingerprint density at radius 2 is 1.80 bits per heavy atom.